The molecule has 1 aromatic rings. The van der Waals surface area contributed by atoms with E-state index in [1.807, 2.05) is 6.19 Å². The van der Waals surface area contributed by atoms with E-state index in [0.717, 1.165) is 44.2 Å². The van der Waals surface area contributed by atoms with E-state index in [1.165, 1.54) is 6.07 Å². The summed E-state index contributed by atoms with van der Waals surface area (Å²) in [5.74, 6) is 0.384. The maximum absolute atomic E-state index is 14.0. The molecule has 2 unspecified atom stereocenters. The minimum atomic E-state index is -0.860. The first kappa shape index (κ1) is 20.6. The first-order valence-corrected chi connectivity index (χ1v) is 10.5. The van der Waals surface area contributed by atoms with E-state index in [9.17, 15) is 19.3 Å². The third-order valence-corrected chi connectivity index (χ3v) is 6.84. The highest BCUT2D eigenvalue weighted by Crippen LogP contribution is 2.60. The van der Waals surface area contributed by atoms with Gasteiger partial charge in [0, 0.05) is 12.5 Å². The number of aliphatic imine (C=N–C) groups is 1. The molecule has 4 saturated carbocycles. The molecule has 1 N–H and O–H groups in total. The Morgan fingerprint density at radius 2 is 1.93 bits per heavy atom. The highest BCUT2D eigenvalue weighted by atomic mass is 19.1. The Kier molecular flexibility index (Phi) is 5.18. The van der Waals surface area contributed by atoms with Gasteiger partial charge in [0.15, 0.2) is 17.8 Å². The lowest BCUT2D eigenvalue weighted by atomic mass is 9.48. The first-order chi connectivity index (χ1) is 14.2. The zero-order valence-electron chi connectivity index (χ0n) is 17.3. The van der Waals surface area contributed by atoms with Crippen LogP contribution in [0.3, 0.4) is 0 Å². The Morgan fingerprint density at radius 3 is 2.53 bits per heavy atom. The molecule has 4 aliphatic rings. The third kappa shape index (κ3) is 3.99. The fourth-order valence-corrected chi connectivity index (χ4v) is 6.01. The van der Waals surface area contributed by atoms with Gasteiger partial charge in [-0.1, -0.05) is 0 Å². The molecule has 0 amide bonds. The number of nitriles is 2. The van der Waals surface area contributed by atoms with Gasteiger partial charge in [0.25, 0.3) is 0 Å². The summed E-state index contributed by atoms with van der Waals surface area (Å²) in [6.07, 6.45) is 7.19. The largest absolute Gasteiger partial charge is 0.484 e. The predicted octanol–water partition coefficient (Wildman–Crippen LogP) is 4.70. The van der Waals surface area contributed by atoms with Crippen molar-refractivity contribution in [1.29, 1.82) is 10.5 Å². The zero-order chi connectivity index (χ0) is 21.5. The van der Waals surface area contributed by atoms with Gasteiger partial charge in [0.2, 0.25) is 0 Å². The van der Waals surface area contributed by atoms with Gasteiger partial charge < -0.3 is 4.74 Å². The fraction of sp³-hybridized carbons (Fsp3) is 0.609. The highest BCUT2D eigenvalue weighted by molar-refractivity contribution is 5.84. The molecule has 4 fully saturated rings. The minimum Gasteiger partial charge on any atom is -0.484 e. The van der Waals surface area contributed by atoms with E-state index in [4.69, 9.17) is 9.73 Å². The van der Waals surface area contributed by atoms with E-state index in [1.54, 1.807) is 13.8 Å². The lowest BCUT2D eigenvalue weighted by molar-refractivity contribution is -0.0352. The van der Waals surface area contributed by atoms with Crippen molar-refractivity contribution in [2.75, 3.05) is 0 Å². The van der Waals surface area contributed by atoms with Crippen LogP contribution in [-0.2, 0) is 0 Å². The molecule has 7 heteroatoms. The number of nitrogens with zero attached hydrogens (tertiary/aromatic N) is 3. The van der Waals surface area contributed by atoms with Gasteiger partial charge in [0.05, 0.1) is 17.5 Å². The van der Waals surface area contributed by atoms with Crippen molar-refractivity contribution < 1.29 is 13.5 Å². The summed E-state index contributed by atoms with van der Waals surface area (Å²) < 4.78 is 33.0. The average molecular weight is 412 g/mol. The number of hydrogen-bond donors (Lipinski definition) is 1. The lowest BCUT2D eigenvalue weighted by Gasteiger charge is -2.56. The molecule has 0 saturated heterocycles. The molecule has 0 aromatic heterocycles. The van der Waals surface area contributed by atoms with Crippen LogP contribution < -0.4 is 10.1 Å². The molecule has 30 heavy (non-hydrogen) atoms. The van der Waals surface area contributed by atoms with Gasteiger partial charge >= 0.3 is 0 Å². The van der Waals surface area contributed by atoms with Crippen LogP contribution in [-0.4, -0.2) is 17.5 Å². The topological polar surface area (TPSA) is 81.2 Å². The Bertz CT molecular complexity index is 930. The van der Waals surface area contributed by atoms with Gasteiger partial charge in [-0.2, -0.15) is 10.5 Å². The molecule has 158 valence electrons. The van der Waals surface area contributed by atoms with Crippen molar-refractivity contribution in [2.24, 2.45) is 28.2 Å². The van der Waals surface area contributed by atoms with Crippen molar-refractivity contribution in [2.45, 2.75) is 64.0 Å². The molecule has 1 aromatic carbocycles. The average Bonchev–Trinajstić information content (AvgIpc) is 2.66. The predicted molar refractivity (Wildman–Crippen MR) is 107 cm³/mol. The molecule has 5 rings (SSSR count). The number of nitrogens with one attached hydrogen (secondary N) is 1. The second-order valence-corrected chi connectivity index (χ2v) is 9.78. The van der Waals surface area contributed by atoms with Gasteiger partial charge in [-0.3, -0.25) is 10.3 Å². The summed E-state index contributed by atoms with van der Waals surface area (Å²) in [6.45, 7) is 3.57. The number of benzene rings is 1. The number of halogens is 2. The second-order valence-electron chi connectivity index (χ2n) is 9.78. The van der Waals surface area contributed by atoms with Crippen LogP contribution in [0.1, 0.15) is 52.4 Å². The minimum absolute atomic E-state index is 0.0386. The molecule has 0 radical (unpaired) electrons. The Hall–Kier alpha value is -2.67. The summed E-state index contributed by atoms with van der Waals surface area (Å²) in [4.78, 5) is 4.93. The van der Waals surface area contributed by atoms with E-state index in [0.29, 0.717) is 23.6 Å². The van der Waals surface area contributed by atoms with Crippen LogP contribution in [0.5, 0.6) is 5.75 Å². The lowest BCUT2D eigenvalue weighted by Crippen LogP contribution is -2.53. The normalized spacial score (nSPS) is 32.4. The second kappa shape index (κ2) is 7.54. The van der Waals surface area contributed by atoms with Crippen molar-refractivity contribution in [3.8, 4) is 18.0 Å². The Labute approximate surface area is 175 Å². The Balaban J connectivity index is 1.52. The quantitative estimate of drug-likeness (QED) is 0.329. The monoisotopic (exact) mass is 412 g/mol. The standard InChI is InChI=1S/C23H26F2N4O/c1-22(2,30-19-4-3-17(24)7-18(19)25)11-20(28-13-27)29-21-15-5-14-6-16(21)10-23(8-14,9-15)12-26/h3-4,7,14-16,21H,5-6,8-11H2,1-2H3,(H,28,29). The maximum Gasteiger partial charge on any atom is 0.182 e. The molecular weight excluding hydrogens is 386 g/mol. The first-order valence-electron chi connectivity index (χ1n) is 10.5. The number of amidine groups is 1. The van der Waals surface area contributed by atoms with E-state index in [-0.39, 0.29) is 23.6 Å². The molecule has 4 bridgehead atoms. The highest BCUT2D eigenvalue weighted by Gasteiger charge is 2.55. The van der Waals surface area contributed by atoms with Crippen molar-refractivity contribution in [3.63, 3.8) is 0 Å². The summed E-state index contributed by atoms with van der Waals surface area (Å²) >= 11 is 0. The van der Waals surface area contributed by atoms with Gasteiger partial charge in [-0.05, 0) is 75.8 Å². The van der Waals surface area contributed by atoms with Crippen molar-refractivity contribution in [3.05, 3.63) is 29.8 Å². The molecule has 0 heterocycles. The van der Waals surface area contributed by atoms with Crippen LogP contribution in [0.25, 0.3) is 0 Å². The molecule has 2 atom stereocenters. The summed E-state index contributed by atoms with van der Waals surface area (Å²) in [7, 11) is 0. The fourth-order valence-electron chi connectivity index (χ4n) is 6.01. The van der Waals surface area contributed by atoms with E-state index >= 15 is 0 Å². The summed E-state index contributed by atoms with van der Waals surface area (Å²) in [6, 6.07) is 5.88. The third-order valence-electron chi connectivity index (χ3n) is 6.84. The molecule has 0 aliphatic heterocycles. The molecular formula is C23H26F2N4O. The summed E-state index contributed by atoms with van der Waals surface area (Å²) in [5.41, 5.74) is -1.05. The molecule has 0 spiro atoms. The SMILES string of the molecule is CC(C)(CC(=NC1C2CC3CC1CC(C#N)(C3)C2)NC#N)Oc1ccc(F)cc1F. The van der Waals surface area contributed by atoms with Crippen LogP contribution in [0.15, 0.2) is 23.2 Å². The number of ether oxygens (including phenoxy) is 1. The molecule has 5 nitrogen and oxygen atoms in total. The molecule has 4 aliphatic carbocycles. The van der Waals surface area contributed by atoms with Gasteiger partial charge in [-0.25, -0.2) is 8.78 Å². The zero-order valence-corrected chi connectivity index (χ0v) is 17.3. The smallest absolute Gasteiger partial charge is 0.182 e. The van der Waals surface area contributed by atoms with Crippen LogP contribution >= 0.6 is 0 Å². The number of hydrogen-bond acceptors (Lipinski definition) is 4. The van der Waals surface area contributed by atoms with Gasteiger partial charge in [0.1, 0.15) is 17.3 Å². The van der Waals surface area contributed by atoms with Crippen LogP contribution in [0, 0.1) is 57.6 Å². The number of rotatable bonds is 5. The van der Waals surface area contributed by atoms with Gasteiger partial charge in [-0.15, -0.1) is 0 Å². The van der Waals surface area contributed by atoms with E-state index < -0.39 is 17.2 Å². The maximum atomic E-state index is 14.0. The van der Waals surface area contributed by atoms with Crippen molar-refractivity contribution in [1.82, 2.24) is 5.32 Å². The Morgan fingerprint density at radius 1 is 1.23 bits per heavy atom. The van der Waals surface area contributed by atoms with Crippen LogP contribution in [0.2, 0.25) is 0 Å². The van der Waals surface area contributed by atoms with Crippen molar-refractivity contribution >= 4 is 5.84 Å². The summed E-state index contributed by atoms with van der Waals surface area (Å²) in [5, 5.41) is 21.6. The van der Waals surface area contributed by atoms with Crippen LogP contribution in [0.4, 0.5) is 8.78 Å². The van der Waals surface area contributed by atoms with E-state index in [2.05, 4.69) is 11.4 Å².